The number of aliphatic hydroxyl groups excluding tert-OH is 9. The van der Waals surface area contributed by atoms with Crippen LogP contribution in [0.25, 0.3) is 0 Å². The first kappa shape index (κ1) is 46.2. The van der Waals surface area contributed by atoms with Gasteiger partial charge in [-0.25, -0.2) is 0 Å². The minimum absolute atomic E-state index is 0.0547. The molecule has 17 nitrogen and oxygen atoms in total. The predicted octanol–water partition coefficient (Wildman–Crippen LogP) is 0.560. The molecule has 0 bridgehead atoms. The lowest BCUT2D eigenvalue weighted by molar-refractivity contribution is -0.388. The van der Waals surface area contributed by atoms with Crippen molar-refractivity contribution in [2.24, 2.45) is 46.3 Å². The lowest BCUT2D eigenvalue weighted by atomic mass is 9.47. The van der Waals surface area contributed by atoms with Crippen LogP contribution in [-0.4, -0.2) is 169 Å². The van der Waals surface area contributed by atoms with E-state index in [1.807, 2.05) is 6.92 Å². The van der Waals surface area contributed by atoms with E-state index in [9.17, 15) is 46.0 Å². The van der Waals surface area contributed by atoms with Crippen LogP contribution in [0.1, 0.15) is 99.3 Å². The highest BCUT2D eigenvalue weighted by molar-refractivity contribution is 5.26. The summed E-state index contributed by atoms with van der Waals surface area (Å²) >= 11 is 0. The van der Waals surface area contributed by atoms with Crippen molar-refractivity contribution in [1.29, 1.82) is 0 Å². The van der Waals surface area contributed by atoms with Crippen LogP contribution in [0.15, 0.2) is 11.6 Å². The van der Waals surface area contributed by atoms with Crippen molar-refractivity contribution in [2.45, 2.75) is 216 Å². The first-order valence-electron chi connectivity index (χ1n) is 23.3. The number of hydrogen-bond donors (Lipinski definition) is 9. The average molecular weight is 885 g/mol. The SMILES string of the molecule is C[C@@H]1CC[C@@]2(O[C@H]1O)O[C@H]1C[C@H]3[C@@H]4CC=C5C[C@@H](O[C@@H]6O[C@H](CO)[C@@H](O[C@@H]7O[C@@H](C)[C@H](O)[C@@H](O)[C@H]7O)[C@H](O)[C@H]6O[C@@H]6O[C@@H](C)[C@H](O)[C@@H](O)[C@H]6O)CC[C@]5(C)[C@H]4CC[C@]3(C)[C@H]1[C@@H]2C. The van der Waals surface area contributed by atoms with E-state index in [1.165, 1.54) is 19.4 Å². The zero-order valence-corrected chi connectivity index (χ0v) is 36.8. The molecule has 5 saturated heterocycles. The second-order valence-electron chi connectivity index (χ2n) is 21.1. The first-order valence-corrected chi connectivity index (χ1v) is 23.3. The molecule has 0 amide bonds. The summed E-state index contributed by atoms with van der Waals surface area (Å²) in [4.78, 5) is 0. The van der Waals surface area contributed by atoms with Crippen molar-refractivity contribution in [3.63, 3.8) is 0 Å². The van der Waals surface area contributed by atoms with Gasteiger partial charge in [-0.05, 0) is 99.7 Å². The Hall–Kier alpha value is -0.940. The number of hydrogen-bond acceptors (Lipinski definition) is 17. The molecule has 0 aromatic heterocycles. The molecule has 0 radical (unpaired) electrons. The summed E-state index contributed by atoms with van der Waals surface area (Å²) in [5, 5.41) is 96.6. The van der Waals surface area contributed by atoms with Crippen molar-refractivity contribution in [2.75, 3.05) is 6.61 Å². The molecule has 8 fully saturated rings. The summed E-state index contributed by atoms with van der Waals surface area (Å²) in [6.45, 7) is 11.5. The summed E-state index contributed by atoms with van der Waals surface area (Å²) in [5.74, 6) is 1.42. The summed E-state index contributed by atoms with van der Waals surface area (Å²) in [6, 6.07) is 0. The Bertz CT molecular complexity index is 1640. The molecule has 17 heteroatoms. The lowest BCUT2D eigenvalue weighted by Gasteiger charge is -2.59. The molecule has 0 aromatic carbocycles. The molecule has 1 spiro atoms. The van der Waals surface area contributed by atoms with Crippen LogP contribution in [0, 0.1) is 46.3 Å². The fourth-order valence-electron chi connectivity index (χ4n) is 14.0. The number of fused-ring (bicyclic) bond motifs is 7. The van der Waals surface area contributed by atoms with Crippen LogP contribution in [-0.2, 0) is 37.9 Å². The Morgan fingerprint density at radius 2 is 1.31 bits per heavy atom. The van der Waals surface area contributed by atoms with Gasteiger partial charge in [0.2, 0.25) is 0 Å². The Morgan fingerprint density at radius 1 is 0.661 bits per heavy atom. The van der Waals surface area contributed by atoms with Crippen LogP contribution in [0.5, 0.6) is 0 Å². The second kappa shape index (κ2) is 17.0. The van der Waals surface area contributed by atoms with E-state index in [4.69, 9.17) is 37.9 Å². The van der Waals surface area contributed by atoms with Crippen LogP contribution < -0.4 is 0 Å². The van der Waals surface area contributed by atoms with Crippen LogP contribution in [0.4, 0.5) is 0 Å². The molecule has 9 N–H and O–H groups in total. The largest absolute Gasteiger partial charge is 0.394 e. The second-order valence-corrected chi connectivity index (χ2v) is 21.1. The Kier molecular flexibility index (Phi) is 12.7. The smallest absolute Gasteiger partial charge is 0.187 e. The number of allylic oxidation sites excluding steroid dienone is 1. The van der Waals surface area contributed by atoms with E-state index in [-0.39, 0.29) is 34.9 Å². The molecule has 5 heterocycles. The van der Waals surface area contributed by atoms with E-state index in [1.54, 1.807) is 0 Å². The molecule has 354 valence electrons. The van der Waals surface area contributed by atoms with Gasteiger partial charge in [0.1, 0.15) is 61.0 Å². The molecule has 9 aliphatic rings. The highest BCUT2D eigenvalue weighted by atomic mass is 16.8. The molecule has 4 aliphatic carbocycles. The van der Waals surface area contributed by atoms with E-state index >= 15 is 0 Å². The maximum atomic E-state index is 12.0. The Balaban J connectivity index is 0.915. The maximum absolute atomic E-state index is 12.0. The summed E-state index contributed by atoms with van der Waals surface area (Å²) in [6.07, 6.45) is -12.3. The van der Waals surface area contributed by atoms with Gasteiger partial charge in [-0.3, -0.25) is 0 Å². The van der Waals surface area contributed by atoms with E-state index in [2.05, 4.69) is 26.8 Å². The predicted molar refractivity (Wildman–Crippen MR) is 214 cm³/mol. The maximum Gasteiger partial charge on any atom is 0.187 e. The minimum atomic E-state index is -1.72. The normalized spacial score (nSPS) is 58.9. The molecule has 9 rings (SSSR count). The van der Waals surface area contributed by atoms with Crippen molar-refractivity contribution in [1.82, 2.24) is 0 Å². The molecule has 62 heavy (non-hydrogen) atoms. The van der Waals surface area contributed by atoms with Gasteiger partial charge in [0, 0.05) is 18.3 Å². The third-order valence-corrected chi connectivity index (χ3v) is 17.8. The van der Waals surface area contributed by atoms with Gasteiger partial charge in [-0.2, -0.15) is 0 Å². The van der Waals surface area contributed by atoms with Gasteiger partial charge in [-0.1, -0.05) is 39.3 Å². The van der Waals surface area contributed by atoms with Gasteiger partial charge >= 0.3 is 0 Å². The van der Waals surface area contributed by atoms with E-state index in [0.717, 1.165) is 44.9 Å². The van der Waals surface area contributed by atoms with Crippen molar-refractivity contribution in [3.8, 4) is 0 Å². The van der Waals surface area contributed by atoms with E-state index in [0.29, 0.717) is 36.5 Å². The third kappa shape index (κ3) is 7.40. The van der Waals surface area contributed by atoms with Crippen LogP contribution in [0.2, 0.25) is 0 Å². The molecule has 0 unspecified atom stereocenters. The molecule has 5 aliphatic heterocycles. The number of aliphatic hydroxyl groups is 9. The van der Waals surface area contributed by atoms with Gasteiger partial charge in [0.15, 0.2) is 30.9 Å². The van der Waals surface area contributed by atoms with Crippen molar-refractivity contribution < 1.29 is 83.9 Å². The van der Waals surface area contributed by atoms with Crippen LogP contribution >= 0.6 is 0 Å². The zero-order valence-electron chi connectivity index (χ0n) is 36.8. The van der Waals surface area contributed by atoms with E-state index < -0.39 is 111 Å². The quantitative estimate of drug-likeness (QED) is 0.158. The van der Waals surface area contributed by atoms with Crippen molar-refractivity contribution >= 4 is 0 Å². The van der Waals surface area contributed by atoms with Crippen LogP contribution in [0.3, 0.4) is 0 Å². The molecule has 0 aromatic rings. The van der Waals surface area contributed by atoms with Gasteiger partial charge < -0.3 is 83.9 Å². The minimum Gasteiger partial charge on any atom is -0.394 e. The standard InChI is InChI=1S/C45H72O17/c1-18-9-14-45(62-39(18)54)19(2)29-27(61-45)16-26-24-8-7-22-15-23(10-12-43(22,5)25(24)11-13-44(26,29)6)57-42-38(60-41-35(52)33(50)31(48)21(4)56-41)36(53)37(28(17-46)58-42)59-40-34(51)32(49)30(47)20(3)55-40/h7,18-21,23-42,46-54H,8-17H2,1-6H3/t18-,19+,20+,21+,23+,24-,25+,26+,27+,28-,29+,30+,31+,32-,33-,34-,35-,36+,37-,38-,39-,40+,41+,42-,43+,44+,45+/m1/s1. The zero-order chi connectivity index (χ0) is 44.4. The van der Waals surface area contributed by atoms with Gasteiger partial charge in [-0.15, -0.1) is 0 Å². The first-order chi connectivity index (χ1) is 29.3. The van der Waals surface area contributed by atoms with Gasteiger partial charge in [0.05, 0.1) is 31.0 Å². The highest BCUT2D eigenvalue weighted by Crippen LogP contribution is 2.71. The average Bonchev–Trinajstić information content (AvgIpc) is 3.69. The highest BCUT2D eigenvalue weighted by Gasteiger charge is 2.69. The topological polar surface area (TPSA) is 256 Å². The number of rotatable bonds is 7. The monoisotopic (exact) mass is 884 g/mol. The summed E-state index contributed by atoms with van der Waals surface area (Å²) in [7, 11) is 0. The Morgan fingerprint density at radius 3 is 1.94 bits per heavy atom. The lowest BCUT2D eigenvalue weighted by Crippen LogP contribution is -2.66. The molecular formula is C45H72O17. The summed E-state index contributed by atoms with van der Waals surface area (Å²) in [5.41, 5.74) is 1.37. The molecule has 27 atom stereocenters. The molecular weight excluding hydrogens is 812 g/mol. The number of ether oxygens (including phenoxy) is 8. The fourth-order valence-corrected chi connectivity index (χ4v) is 14.0. The Labute approximate surface area is 363 Å². The molecule has 3 saturated carbocycles. The third-order valence-electron chi connectivity index (χ3n) is 17.8. The van der Waals surface area contributed by atoms with Gasteiger partial charge in [0.25, 0.3) is 0 Å². The fraction of sp³-hybridized carbons (Fsp3) is 0.956. The van der Waals surface area contributed by atoms with Crippen molar-refractivity contribution in [3.05, 3.63) is 11.6 Å². The summed E-state index contributed by atoms with van der Waals surface area (Å²) < 4.78 is 49.8.